The Balaban J connectivity index is 1.86. The molecular weight excluding hydrogens is 452 g/mol. The molecule has 1 aromatic heterocycles. The molecule has 0 spiro atoms. The number of aromatic nitrogens is 1. The summed E-state index contributed by atoms with van der Waals surface area (Å²) >= 11 is 6.13. The van der Waals surface area contributed by atoms with Crippen molar-refractivity contribution in [2.24, 2.45) is 0 Å². The molecule has 34 heavy (non-hydrogen) atoms. The third-order valence-electron chi connectivity index (χ3n) is 5.94. The number of ketones is 1. The van der Waals surface area contributed by atoms with Crippen LogP contribution in [0.15, 0.2) is 72.4 Å². The number of aliphatic hydroxyl groups is 1. The molecule has 2 aromatic carbocycles. The third-order valence-corrected chi connectivity index (χ3v) is 6.25. The SMILES string of the molecule is COc1cc(/C(O)=C2/C(=O)C(=O)N(Cc3ccccn3)C2c2ccc(C(C)C)cc2)ccc1Cl. The van der Waals surface area contributed by atoms with Crippen LogP contribution in [0, 0.1) is 0 Å². The van der Waals surface area contributed by atoms with E-state index in [9.17, 15) is 14.7 Å². The van der Waals surface area contributed by atoms with E-state index in [0.29, 0.717) is 27.9 Å². The lowest BCUT2D eigenvalue weighted by molar-refractivity contribution is -0.140. The van der Waals surface area contributed by atoms with Crippen molar-refractivity contribution in [2.45, 2.75) is 32.4 Å². The van der Waals surface area contributed by atoms with Gasteiger partial charge in [0.05, 0.1) is 36.0 Å². The second-order valence-electron chi connectivity index (χ2n) is 8.42. The maximum Gasteiger partial charge on any atom is 0.296 e. The molecule has 2 heterocycles. The molecule has 7 heteroatoms. The lowest BCUT2D eigenvalue weighted by Crippen LogP contribution is -2.29. The smallest absolute Gasteiger partial charge is 0.296 e. The van der Waals surface area contributed by atoms with Gasteiger partial charge in [-0.3, -0.25) is 14.6 Å². The lowest BCUT2D eigenvalue weighted by atomic mass is 9.93. The highest BCUT2D eigenvalue weighted by Crippen LogP contribution is 2.41. The summed E-state index contributed by atoms with van der Waals surface area (Å²) in [5.74, 6) is -1.04. The quantitative estimate of drug-likeness (QED) is 0.289. The van der Waals surface area contributed by atoms with E-state index in [1.54, 1.807) is 36.5 Å². The van der Waals surface area contributed by atoms with Crippen LogP contribution in [-0.2, 0) is 16.1 Å². The van der Waals surface area contributed by atoms with E-state index in [1.165, 1.54) is 12.0 Å². The van der Waals surface area contributed by atoms with Gasteiger partial charge in [0.2, 0.25) is 0 Å². The molecule has 1 N–H and O–H groups in total. The molecule has 1 fully saturated rings. The lowest BCUT2D eigenvalue weighted by Gasteiger charge is -2.25. The van der Waals surface area contributed by atoms with Crippen LogP contribution >= 0.6 is 11.6 Å². The zero-order valence-corrected chi connectivity index (χ0v) is 19.9. The standard InChI is InChI=1S/C27H25ClN2O4/c1-16(2)17-7-9-18(10-8-17)24-23(25(31)19-11-12-21(28)22(14-19)34-3)26(32)27(33)30(24)15-20-6-4-5-13-29-20/h4-14,16,24,31H,15H2,1-3H3/b25-23-. The number of pyridine rings is 1. The van der Waals surface area contributed by atoms with E-state index in [0.717, 1.165) is 11.1 Å². The number of hydrogen-bond acceptors (Lipinski definition) is 5. The molecule has 1 saturated heterocycles. The first-order valence-electron chi connectivity index (χ1n) is 10.9. The molecule has 1 amide bonds. The van der Waals surface area contributed by atoms with Crippen molar-refractivity contribution >= 4 is 29.1 Å². The predicted octanol–water partition coefficient (Wildman–Crippen LogP) is 5.49. The topological polar surface area (TPSA) is 79.7 Å². The predicted molar refractivity (Wildman–Crippen MR) is 131 cm³/mol. The van der Waals surface area contributed by atoms with E-state index in [1.807, 2.05) is 30.3 Å². The molecule has 1 aliphatic rings. The third kappa shape index (κ3) is 4.41. The molecule has 3 aromatic rings. The zero-order valence-electron chi connectivity index (χ0n) is 19.2. The normalized spacial score (nSPS) is 17.4. The van der Waals surface area contributed by atoms with Gasteiger partial charge in [-0.2, -0.15) is 0 Å². The van der Waals surface area contributed by atoms with Gasteiger partial charge in [0.1, 0.15) is 11.5 Å². The van der Waals surface area contributed by atoms with Crippen molar-refractivity contribution in [3.8, 4) is 5.75 Å². The first-order chi connectivity index (χ1) is 16.3. The van der Waals surface area contributed by atoms with Crippen LogP contribution in [0.5, 0.6) is 5.75 Å². The maximum absolute atomic E-state index is 13.2. The number of methoxy groups -OCH3 is 1. The Labute approximate surface area is 203 Å². The van der Waals surface area contributed by atoms with Gasteiger partial charge in [0.25, 0.3) is 11.7 Å². The second kappa shape index (κ2) is 9.69. The Morgan fingerprint density at radius 1 is 1.12 bits per heavy atom. The molecular formula is C27H25ClN2O4. The molecule has 0 radical (unpaired) electrons. The highest BCUT2D eigenvalue weighted by molar-refractivity contribution is 6.46. The summed E-state index contributed by atoms with van der Waals surface area (Å²) in [6.07, 6.45) is 1.64. The number of nitrogens with zero attached hydrogens (tertiary/aromatic N) is 2. The molecule has 0 bridgehead atoms. The van der Waals surface area contributed by atoms with Crippen LogP contribution in [0.25, 0.3) is 5.76 Å². The number of halogens is 1. The fourth-order valence-electron chi connectivity index (χ4n) is 4.08. The second-order valence-corrected chi connectivity index (χ2v) is 8.83. The van der Waals surface area contributed by atoms with Crippen molar-refractivity contribution in [1.82, 2.24) is 9.88 Å². The van der Waals surface area contributed by atoms with Crippen LogP contribution < -0.4 is 4.74 Å². The highest BCUT2D eigenvalue weighted by Gasteiger charge is 2.46. The van der Waals surface area contributed by atoms with Crippen LogP contribution in [0.4, 0.5) is 0 Å². The van der Waals surface area contributed by atoms with Crippen LogP contribution in [0.1, 0.15) is 48.2 Å². The number of amides is 1. The van der Waals surface area contributed by atoms with Gasteiger partial charge in [0.15, 0.2) is 0 Å². The van der Waals surface area contributed by atoms with Crippen LogP contribution in [-0.4, -0.2) is 33.8 Å². The number of carbonyl (C=O) groups is 2. The average Bonchev–Trinajstić information content (AvgIpc) is 3.09. The summed E-state index contributed by atoms with van der Waals surface area (Å²) in [5.41, 5.74) is 2.85. The number of hydrogen-bond donors (Lipinski definition) is 1. The van der Waals surface area contributed by atoms with Crippen molar-refractivity contribution in [2.75, 3.05) is 7.11 Å². The van der Waals surface area contributed by atoms with Crippen LogP contribution in [0.3, 0.4) is 0 Å². The molecule has 0 saturated carbocycles. The average molecular weight is 477 g/mol. The van der Waals surface area contributed by atoms with Crippen molar-refractivity contribution in [3.05, 3.63) is 99.8 Å². The summed E-state index contributed by atoms with van der Waals surface area (Å²) in [4.78, 5) is 32.1. The Bertz CT molecular complexity index is 1250. The van der Waals surface area contributed by atoms with Gasteiger partial charge in [-0.1, -0.05) is 55.8 Å². The van der Waals surface area contributed by atoms with E-state index >= 15 is 0 Å². The Morgan fingerprint density at radius 3 is 2.47 bits per heavy atom. The van der Waals surface area contributed by atoms with Gasteiger partial charge in [-0.15, -0.1) is 0 Å². The number of carbonyl (C=O) groups excluding carboxylic acids is 2. The highest BCUT2D eigenvalue weighted by atomic mass is 35.5. The van der Waals surface area contributed by atoms with Gasteiger partial charge >= 0.3 is 0 Å². The molecule has 0 aliphatic carbocycles. The van der Waals surface area contributed by atoms with E-state index in [2.05, 4.69) is 18.8 Å². The number of aliphatic hydroxyl groups excluding tert-OH is 1. The summed E-state index contributed by atoms with van der Waals surface area (Å²) in [7, 11) is 1.47. The number of likely N-dealkylation sites (tertiary alicyclic amines) is 1. The molecule has 1 unspecified atom stereocenters. The van der Waals surface area contributed by atoms with Crippen molar-refractivity contribution < 1.29 is 19.4 Å². The Kier molecular flexibility index (Phi) is 6.70. The van der Waals surface area contributed by atoms with E-state index < -0.39 is 17.7 Å². The summed E-state index contributed by atoms with van der Waals surface area (Å²) < 4.78 is 5.26. The monoisotopic (exact) mass is 476 g/mol. The Hall–Kier alpha value is -3.64. The summed E-state index contributed by atoms with van der Waals surface area (Å²) in [6.45, 7) is 4.31. The first kappa shape index (κ1) is 23.5. The minimum Gasteiger partial charge on any atom is -0.507 e. The van der Waals surface area contributed by atoms with Crippen molar-refractivity contribution in [1.29, 1.82) is 0 Å². The number of rotatable bonds is 6. The van der Waals surface area contributed by atoms with E-state index in [4.69, 9.17) is 16.3 Å². The fourth-order valence-corrected chi connectivity index (χ4v) is 4.28. The number of Topliss-reactive ketones (excluding diaryl/α,β-unsaturated/α-hetero) is 1. The number of benzene rings is 2. The minimum atomic E-state index is -0.773. The van der Waals surface area contributed by atoms with Crippen LogP contribution in [0.2, 0.25) is 5.02 Å². The van der Waals surface area contributed by atoms with E-state index in [-0.39, 0.29) is 17.9 Å². The van der Waals surface area contributed by atoms with Gasteiger partial charge in [-0.05, 0) is 47.4 Å². The molecule has 1 atom stereocenters. The minimum absolute atomic E-state index is 0.0163. The molecule has 4 rings (SSSR count). The molecule has 1 aliphatic heterocycles. The Morgan fingerprint density at radius 2 is 1.85 bits per heavy atom. The molecule has 174 valence electrons. The van der Waals surface area contributed by atoms with Crippen molar-refractivity contribution in [3.63, 3.8) is 0 Å². The largest absolute Gasteiger partial charge is 0.507 e. The summed E-state index contributed by atoms with van der Waals surface area (Å²) in [5, 5.41) is 11.6. The number of ether oxygens (including phenoxy) is 1. The molecule has 6 nitrogen and oxygen atoms in total. The summed E-state index contributed by atoms with van der Waals surface area (Å²) in [6, 6.07) is 17.1. The fraction of sp³-hybridized carbons (Fsp3) is 0.222. The first-order valence-corrected chi connectivity index (χ1v) is 11.3. The maximum atomic E-state index is 13.2. The zero-order chi connectivity index (χ0) is 24.4. The van der Waals surface area contributed by atoms with Gasteiger partial charge in [0, 0.05) is 11.8 Å². The van der Waals surface area contributed by atoms with Gasteiger partial charge < -0.3 is 14.7 Å². The van der Waals surface area contributed by atoms with Gasteiger partial charge in [-0.25, -0.2) is 0 Å².